The van der Waals surface area contributed by atoms with Crippen molar-refractivity contribution in [3.63, 3.8) is 0 Å². The summed E-state index contributed by atoms with van der Waals surface area (Å²) in [5.41, 5.74) is 5.57. The number of rotatable bonds is 3. The van der Waals surface area contributed by atoms with Crippen molar-refractivity contribution in [2.45, 2.75) is 31.1 Å². The molecule has 1 aliphatic heterocycles. The van der Waals surface area contributed by atoms with Crippen LogP contribution in [-0.4, -0.2) is 54.1 Å². The van der Waals surface area contributed by atoms with Crippen LogP contribution in [0.2, 0.25) is 0 Å². The van der Waals surface area contributed by atoms with Crippen LogP contribution in [0.5, 0.6) is 0 Å². The molecule has 2 N–H and O–H groups in total. The third-order valence-electron chi connectivity index (χ3n) is 3.25. The molecule has 2 unspecified atom stereocenters. The average Bonchev–Trinajstić information content (AvgIpc) is 2.69. The van der Waals surface area contributed by atoms with Gasteiger partial charge < -0.3 is 15.0 Å². The average molecular weight is 288 g/mol. The summed E-state index contributed by atoms with van der Waals surface area (Å²) < 4.78 is 33.7. The molecule has 0 spiro atoms. The normalized spacial score (nSPS) is 25.7. The van der Waals surface area contributed by atoms with Gasteiger partial charge in [-0.05, 0) is 13.8 Å². The van der Waals surface area contributed by atoms with Gasteiger partial charge in [0.2, 0.25) is 0 Å². The minimum atomic E-state index is -3.57. The third kappa shape index (κ3) is 2.81. The highest BCUT2D eigenvalue weighted by molar-refractivity contribution is 7.89. The molecule has 0 aromatic carbocycles. The number of aryl methyl sites for hydroxylation is 2. The lowest BCUT2D eigenvalue weighted by Gasteiger charge is -2.34. The molecule has 1 aliphatic rings. The minimum Gasteiger partial charge on any atom is -0.371 e. The van der Waals surface area contributed by atoms with Gasteiger partial charge in [0.1, 0.15) is 5.82 Å². The van der Waals surface area contributed by atoms with E-state index in [9.17, 15) is 8.42 Å². The first-order valence-corrected chi connectivity index (χ1v) is 7.64. The number of aromatic nitrogens is 2. The first kappa shape index (κ1) is 14.4. The van der Waals surface area contributed by atoms with Crippen molar-refractivity contribution in [1.29, 1.82) is 0 Å². The van der Waals surface area contributed by atoms with Crippen LogP contribution in [0.3, 0.4) is 0 Å². The summed E-state index contributed by atoms with van der Waals surface area (Å²) in [6.07, 6.45) is 1.10. The monoisotopic (exact) mass is 288 g/mol. The number of nitrogens with two attached hydrogens (primary N) is 1. The summed E-state index contributed by atoms with van der Waals surface area (Å²) in [7, 11) is -1.80. The molecule has 1 saturated heterocycles. The van der Waals surface area contributed by atoms with Gasteiger partial charge >= 0.3 is 0 Å². The number of imidazole rings is 1. The fraction of sp³-hybridized carbons (Fsp3) is 0.727. The Balaban J connectivity index is 2.28. The summed E-state index contributed by atoms with van der Waals surface area (Å²) in [6.45, 7) is 4.52. The lowest BCUT2D eigenvalue weighted by atomic mass is 10.2. The van der Waals surface area contributed by atoms with E-state index in [0.717, 1.165) is 0 Å². The predicted molar refractivity (Wildman–Crippen MR) is 70.1 cm³/mol. The number of hydrogen-bond donors (Lipinski definition) is 1. The van der Waals surface area contributed by atoms with Crippen LogP contribution in [0.1, 0.15) is 12.7 Å². The molecule has 2 heterocycles. The van der Waals surface area contributed by atoms with Gasteiger partial charge in [0, 0.05) is 32.9 Å². The second kappa shape index (κ2) is 5.20. The van der Waals surface area contributed by atoms with Crippen molar-refractivity contribution in [3.05, 3.63) is 12.0 Å². The largest absolute Gasteiger partial charge is 0.371 e. The van der Waals surface area contributed by atoms with Crippen molar-refractivity contribution in [1.82, 2.24) is 13.9 Å². The number of morpholine rings is 1. The third-order valence-corrected chi connectivity index (χ3v) is 4.95. The minimum absolute atomic E-state index is 0.0809. The molecule has 2 rings (SSSR count). The molecule has 0 bridgehead atoms. The molecule has 0 amide bonds. The smallest absolute Gasteiger partial charge is 0.262 e. The Morgan fingerprint density at radius 1 is 1.53 bits per heavy atom. The predicted octanol–water partition coefficient (Wildman–Crippen LogP) is -0.535. The van der Waals surface area contributed by atoms with Gasteiger partial charge in [0.15, 0.2) is 5.03 Å². The van der Waals surface area contributed by atoms with Crippen LogP contribution in [0, 0.1) is 6.92 Å². The molecule has 1 aromatic rings. The summed E-state index contributed by atoms with van der Waals surface area (Å²) in [4.78, 5) is 4.09. The van der Waals surface area contributed by atoms with Crippen molar-refractivity contribution >= 4 is 10.0 Å². The standard InChI is InChI=1S/C11H20N4O3S/c1-8-5-15(6-10(4-12)18-8)19(16,17)11-7-14(3)9(2)13-11/h7-8,10H,4-6,12H2,1-3H3. The summed E-state index contributed by atoms with van der Waals surface area (Å²) >= 11 is 0. The molecule has 1 fully saturated rings. The summed E-state index contributed by atoms with van der Waals surface area (Å²) in [5.74, 6) is 0.662. The lowest BCUT2D eigenvalue weighted by Crippen LogP contribution is -2.51. The van der Waals surface area contributed by atoms with E-state index in [-0.39, 0.29) is 23.8 Å². The topological polar surface area (TPSA) is 90.4 Å². The highest BCUT2D eigenvalue weighted by Crippen LogP contribution is 2.20. The van der Waals surface area contributed by atoms with Crippen LogP contribution in [0.25, 0.3) is 0 Å². The Hall–Kier alpha value is -0.960. The van der Waals surface area contributed by atoms with E-state index in [1.165, 1.54) is 10.5 Å². The quantitative estimate of drug-likeness (QED) is 0.807. The zero-order valence-electron chi connectivity index (χ0n) is 11.4. The molecular weight excluding hydrogens is 268 g/mol. The fourth-order valence-corrected chi connectivity index (χ4v) is 3.68. The van der Waals surface area contributed by atoms with E-state index < -0.39 is 10.0 Å². The Morgan fingerprint density at radius 2 is 2.21 bits per heavy atom. The Morgan fingerprint density at radius 3 is 2.74 bits per heavy atom. The molecule has 8 heteroatoms. The zero-order valence-corrected chi connectivity index (χ0v) is 12.2. The molecule has 0 saturated carbocycles. The first-order valence-electron chi connectivity index (χ1n) is 6.20. The van der Waals surface area contributed by atoms with Gasteiger partial charge in [0.05, 0.1) is 12.2 Å². The van der Waals surface area contributed by atoms with Crippen molar-refractivity contribution < 1.29 is 13.2 Å². The molecule has 7 nitrogen and oxygen atoms in total. The Kier molecular flexibility index (Phi) is 3.95. The van der Waals surface area contributed by atoms with Crippen LogP contribution >= 0.6 is 0 Å². The van der Waals surface area contributed by atoms with Gasteiger partial charge in [-0.3, -0.25) is 0 Å². The summed E-state index contributed by atoms with van der Waals surface area (Å²) in [5, 5.41) is 0.0809. The highest BCUT2D eigenvalue weighted by atomic mass is 32.2. The van der Waals surface area contributed by atoms with Crippen LogP contribution in [0.4, 0.5) is 0 Å². The van der Waals surface area contributed by atoms with Gasteiger partial charge in [-0.2, -0.15) is 4.31 Å². The molecule has 19 heavy (non-hydrogen) atoms. The second-order valence-corrected chi connectivity index (χ2v) is 6.75. The van der Waals surface area contributed by atoms with Crippen LogP contribution < -0.4 is 5.73 Å². The van der Waals surface area contributed by atoms with E-state index >= 15 is 0 Å². The van der Waals surface area contributed by atoms with Gasteiger partial charge in [-0.1, -0.05) is 0 Å². The molecule has 1 aromatic heterocycles. The van der Waals surface area contributed by atoms with E-state index in [0.29, 0.717) is 18.9 Å². The van der Waals surface area contributed by atoms with Gasteiger partial charge in [0.25, 0.3) is 10.0 Å². The molecular formula is C11H20N4O3S. The van der Waals surface area contributed by atoms with Gasteiger partial charge in [-0.25, -0.2) is 13.4 Å². The maximum atomic E-state index is 12.5. The number of hydrogen-bond acceptors (Lipinski definition) is 5. The van der Waals surface area contributed by atoms with E-state index in [1.54, 1.807) is 18.5 Å². The van der Waals surface area contributed by atoms with E-state index in [1.807, 2.05) is 6.92 Å². The second-order valence-electron chi connectivity index (χ2n) is 4.86. The molecule has 0 aliphatic carbocycles. The van der Waals surface area contributed by atoms with Crippen LogP contribution in [-0.2, 0) is 21.8 Å². The van der Waals surface area contributed by atoms with Crippen molar-refractivity contribution in [3.8, 4) is 0 Å². The SMILES string of the molecule is Cc1nc(S(=O)(=O)N2CC(C)OC(CN)C2)cn1C. The maximum absolute atomic E-state index is 12.5. The molecule has 0 radical (unpaired) electrons. The first-order chi connectivity index (χ1) is 8.84. The maximum Gasteiger partial charge on any atom is 0.262 e. The summed E-state index contributed by atoms with van der Waals surface area (Å²) in [6, 6.07) is 0. The van der Waals surface area contributed by atoms with E-state index in [4.69, 9.17) is 10.5 Å². The Bertz CT molecular complexity index is 535. The Labute approximate surface area is 113 Å². The zero-order chi connectivity index (χ0) is 14.2. The van der Waals surface area contributed by atoms with Crippen molar-refractivity contribution in [2.75, 3.05) is 19.6 Å². The number of nitrogens with zero attached hydrogens (tertiary/aromatic N) is 3. The number of sulfonamides is 1. The van der Waals surface area contributed by atoms with Crippen molar-refractivity contribution in [2.24, 2.45) is 12.8 Å². The highest BCUT2D eigenvalue weighted by Gasteiger charge is 2.34. The molecule has 2 atom stereocenters. The lowest BCUT2D eigenvalue weighted by molar-refractivity contribution is -0.0486. The van der Waals surface area contributed by atoms with Gasteiger partial charge in [-0.15, -0.1) is 0 Å². The number of ether oxygens (including phenoxy) is 1. The molecule has 108 valence electrons. The van der Waals surface area contributed by atoms with Crippen LogP contribution in [0.15, 0.2) is 11.2 Å². The van der Waals surface area contributed by atoms with E-state index in [2.05, 4.69) is 4.98 Å². The fourth-order valence-electron chi connectivity index (χ4n) is 2.11.